The lowest BCUT2D eigenvalue weighted by Crippen LogP contribution is -2.35. The second kappa shape index (κ2) is 6.66. The topological polar surface area (TPSA) is 60.2 Å². The fourth-order valence-corrected chi connectivity index (χ4v) is 3.06. The smallest absolute Gasteiger partial charge is 0.321 e. The Labute approximate surface area is 136 Å². The number of carbonyl (C=O) groups is 1. The second-order valence-corrected chi connectivity index (χ2v) is 5.83. The molecule has 1 unspecified atom stereocenters. The number of pyridine rings is 1. The van der Waals surface area contributed by atoms with Gasteiger partial charge in [0.2, 0.25) is 0 Å². The number of nitriles is 1. The molecule has 118 valence electrons. The summed E-state index contributed by atoms with van der Waals surface area (Å²) < 4.78 is 0. The van der Waals surface area contributed by atoms with Crippen LogP contribution >= 0.6 is 0 Å². The number of anilines is 1. The Morgan fingerprint density at radius 3 is 2.91 bits per heavy atom. The summed E-state index contributed by atoms with van der Waals surface area (Å²) in [7, 11) is 0. The van der Waals surface area contributed by atoms with Gasteiger partial charge < -0.3 is 4.90 Å². The van der Waals surface area contributed by atoms with Crippen LogP contribution in [0.4, 0.5) is 10.5 Å². The van der Waals surface area contributed by atoms with Gasteiger partial charge >= 0.3 is 6.03 Å². The minimum absolute atomic E-state index is 0.0918. The van der Waals surface area contributed by atoms with Crippen LogP contribution in [0, 0.1) is 11.3 Å². The summed E-state index contributed by atoms with van der Waals surface area (Å²) in [5, 5.41) is 11.4. The quantitative estimate of drug-likeness (QED) is 0.793. The van der Waals surface area contributed by atoms with E-state index in [-0.39, 0.29) is 6.03 Å². The Morgan fingerprint density at radius 2 is 2.13 bits per heavy atom. The van der Waals surface area contributed by atoms with Crippen LogP contribution < -0.4 is 4.90 Å². The van der Waals surface area contributed by atoms with E-state index in [1.165, 1.54) is 0 Å². The number of unbranched alkanes of at least 4 members (excludes halogenated alkanes) is 2. The third kappa shape index (κ3) is 2.85. The zero-order chi connectivity index (χ0) is 16.2. The standard InChI is InChI=1S/C18H20N4O/c1-2-3-6-9-21-13-15(10-19)22(18(21)23)17-12-20-11-14-7-4-5-8-16(14)17/h4-5,7-8,11-12,15H,2-3,6,9,13H2,1H3. The molecule has 3 rings (SSSR count). The van der Waals surface area contributed by atoms with Crippen LogP contribution in [0.1, 0.15) is 26.2 Å². The van der Waals surface area contributed by atoms with Crippen molar-refractivity contribution in [3.63, 3.8) is 0 Å². The predicted molar refractivity (Wildman–Crippen MR) is 90.1 cm³/mol. The number of nitrogens with zero attached hydrogens (tertiary/aromatic N) is 4. The van der Waals surface area contributed by atoms with E-state index >= 15 is 0 Å². The lowest BCUT2D eigenvalue weighted by molar-refractivity contribution is 0.219. The monoisotopic (exact) mass is 308 g/mol. The Morgan fingerprint density at radius 1 is 1.30 bits per heavy atom. The highest BCUT2D eigenvalue weighted by atomic mass is 16.2. The third-order valence-corrected chi connectivity index (χ3v) is 4.27. The van der Waals surface area contributed by atoms with E-state index in [9.17, 15) is 10.1 Å². The molecule has 0 radical (unpaired) electrons. The highest BCUT2D eigenvalue weighted by Crippen LogP contribution is 2.31. The van der Waals surface area contributed by atoms with Crippen LogP contribution in [0.15, 0.2) is 36.7 Å². The molecule has 2 amide bonds. The van der Waals surface area contributed by atoms with Crippen molar-refractivity contribution in [2.75, 3.05) is 18.0 Å². The Hall–Kier alpha value is -2.61. The van der Waals surface area contributed by atoms with Crippen LogP contribution in [-0.4, -0.2) is 35.0 Å². The maximum absolute atomic E-state index is 12.8. The number of aromatic nitrogens is 1. The Balaban J connectivity index is 1.94. The van der Waals surface area contributed by atoms with E-state index in [0.717, 1.165) is 35.7 Å². The van der Waals surface area contributed by atoms with E-state index in [1.807, 2.05) is 24.3 Å². The zero-order valence-electron chi connectivity index (χ0n) is 13.3. The van der Waals surface area contributed by atoms with Crippen molar-refractivity contribution in [2.45, 2.75) is 32.2 Å². The molecule has 0 aliphatic carbocycles. The van der Waals surface area contributed by atoms with Gasteiger partial charge in [0.05, 0.1) is 24.5 Å². The highest BCUT2D eigenvalue weighted by Gasteiger charge is 2.38. The molecule has 1 fully saturated rings. The van der Waals surface area contributed by atoms with Crippen molar-refractivity contribution in [1.29, 1.82) is 5.26 Å². The van der Waals surface area contributed by atoms with E-state index in [4.69, 9.17) is 0 Å². The van der Waals surface area contributed by atoms with Gasteiger partial charge in [-0.15, -0.1) is 0 Å². The Bertz CT molecular complexity index is 747. The fraction of sp³-hybridized carbons (Fsp3) is 0.389. The SMILES string of the molecule is CCCCCN1CC(C#N)N(c2cncc3ccccc23)C1=O. The number of amides is 2. The van der Waals surface area contributed by atoms with Gasteiger partial charge in [0.15, 0.2) is 0 Å². The fourth-order valence-electron chi connectivity index (χ4n) is 3.06. The third-order valence-electron chi connectivity index (χ3n) is 4.27. The average Bonchev–Trinajstić information content (AvgIpc) is 2.90. The number of urea groups is 1. The van der Waals surface area contributed by atoms with Gasteiger partial charge in [0, 0.05) is 23.5 Å². The molecule has 0 saturated carbocycles. The molecule has 2 aromatic rings. The van der Waals surface area contributed by atoms with Gasteiger partial charge in [-0.2, -0.15) is 5.26 Å². The number of hydrogen-bond donors (Lipinski definition) is 0. The summed E-state index contributed by atoms with van der Waals surface area (Å²) in [5.74, 6) is 0. The number of rotatable bonds is 5. The molecule has 1 aliphatic heterocycles. The van der Waals surface area contributed by atoms with Crippen molar-refractivity contribution in [1.82, 2.24) is 9.88 Å². The molecule has 5 nitrogen and oxygen atoms in total. The molecule has 0 spiro atoms. The highest BCUT2D eigenvalue weighted by molar-refractivity contribution is 6.04. The molecule has 2 heterocycles. The van der Waals surface area contributed by atoms with E-state index in [2.05, 4.69) is 18.0 Å². The summed E-state index contributed by atoms with van der Waals surface area (Å²) in [6, 6.07) is 9.52. The van der Waals surface area contributed by atoms with Gasteiger partial charge in [0.1, 0.15) is 6.04 Å². The molecule has 1 saturated heterocycles. The van der Waals surface area contributed by atoms with Gasteiger partial charge in [-0.05, 0) is 6.42 Å². The first-order chi connectivity index (χ1) is 11.3. The summed E-state index contributed by atoms with van der Waals surface area (Å²) in [6.07, 6.45) is 6.64. The molecule has 1 aromatic carbocycles. The van der Waals surface area contributed by atoms with Crippen molar-refractivity contribution in [3.05, 3.63) is 36.7 Å². The number of benzene rings is 1. The minimum Gasteiger partial charge on any atom is -0.321 e. The van der Waals surface area contributed by atoms with Crippen LogP contribution in [0.5, 0.6) is 0 Å². The average molecular weight is 308 g/mol. The minimum atomic E-state index is -0.461. The summed E-state index contributed by atoms with van der Waals surface area (Å²) in [4.78, 5) is 20.4. The van der Waals surface area contributed by atoms with Gasteiger partial charge in [0.25, 0.3) is 0 Å². The first-order valence-corrected chi connectivity index (χ1v) is 8.06. The lowest BCUT2D eigenvalue weighted by Gasteiger charge is -2.21. The molecular weight excluding hydrogens is 288 g/mol. The number of carbonyl (C=O) groups excluding carboxylic acids is 1. The Kier molecular flexibility index (Phi) is 4.42. The summed E-state index contributed by atoms with van der Waals surface area (Å²) >= 11 is 0. The van der Waals surface area contributed by atoms with Crippen molar-refractivity contribution >= 4 is 22.5 Å². The molecule has 1 aromatic heterocycles. The molecule has 0 bridgehead atoms. The predicted octanol–water partition coefficient (Wildman–Crippen LogP) is 3.56. The first kappa shape index (κ1) is 15.3. The maximum atomic E-state index is 12.8. The van der Waals surface area contributed by atoms with Crippen LogP contribution in [0.2, 0.25) is 0 Å². The molecule has 5 heteroatoms. The number of fused-ring (bicyclic) bond motifs is 1. The summed E-state index contributed by atoms with van der Waals surface area (Å²) in [5.41, 5.74) is 0.720. The molecule has 1 atom stereocenters. The second-order valence-electron chi connectivity index (χ2n) is 5.83. The van der Waals surface area contributed by atoms with E-state index in [1.54, 1.807) is 22.2 Å². The molecule has 1 aliphatic rings. The number of hydrogen-bond acceptors (Lipinski definition) is 3. The van der Waals surface area contributed by atoms with E-state index in [0.29, 0.717) is 13.1 Å². The summed E-state index contributed by atoms with van der Waals surface area (Å²) in [6.45, 7) is 3.31. The maximum Gasteiger partial charge on any atom is 0.325 e. The first-order valence-electron chi connectivity index (χ1n) is 8.06. The van der Waals surface area contributed by atoms with Crippen LogP contribution in [-0.2, 0) is 0 Å². The van der Waals surface area contributed by atoms with Gasteiger partial charge in [-0.3, -0.25) is 9.88 Å². The largest absolute Gasteiger partial charge is 0.325 e. The molecule has 0 N–H and O–H groups in total. The van der Waals surface area contributed by atoms with Crippen molar-refractivity contribution in [3.8, 4) is 6.07 Å². The van der Waals surface area contributed by atoms with Crippen LogP contribution in [0.25, 0.3) is 10.8 Å². The van der Waals surface area contributed by atoms with E-state index < -0.39 is 6.04 Å². The van der Waals surface area contributed by atoms with Gasteiger partial charge in [-0.25, -0.2) is 4.79 Å². The van der Waals surface area contributed by atoms with Gasteiger partial charge in [-0.1, -0.05) is 44.0 Å². The van der Waals surface area contributed by atoms with Crippen molar-refractivity contribution < 1.29 is 4.79 Å². The molecule has 23 heavy (non-hydrogen) atoms. The lowest BCUT2D eigenvalue weighted by atomic mass is 10.1. The zero-order valence-corrected chi connectivity index (χ0v) is 13.3. The van der Waals surface area contributed by atoms with Crippen molar-refractivity contribution in [2.24, 2.45) is 0 Å². The molecular formula is C18H20N4O. The van der Waals surface area contributed by atoms with Crippen LogP contribution in [0.3, 0.4) is 0 Å². The normalized spacial score (nSPS) is 17.7.